The molecule has 0 amide bonds. The van der Waals surface area contributed by atoms with Gasteiger partial charge in [-0.15, -0.1) is 0 Å². The van der Waals surface area contributed by atoms with E-state index in [2.05, 4.69) is 91.8 Å². The molecule has 0 atom stereocenters. The molecule has 0 fully saturated rings. The van der Waals surface area contributed by atoms with Crippen LogP contribution in [0.2, 0.25) is 0 Å². The highest BCUT2D eigenvalue weighted by atomic mass is 127. The van der Waals surface area contributed by atoms with Crippen molar-refractivity contribution in [1.82, 2.24) is 0 Å². The highest BCUT2D eigenvalue weighted by Crippen LogP contribution is 2.38. The molecular formula is C21H28IN. The summed E-state index contributed by atoms with van der Waals surface area (Å²) < 4.78 is 2.33. The van der Waals surface area contributed by atoms with Gasteiger partial charge in [-0.2, -0.15) is 0 Å². The van der Waals surface area contributed by atoms with Gasteiger partial charge in [0.2, 0.25) is 0 Å². The highest BCUT2D eigenvalue weighted by molar-refractivity contribution is 14.1. The average molecular weight is 421 g/mol. The van der Waals surface area contributed by atoms with Crippen LogP contribution in [-0.4, -0.2) is 0 Å². The minimum Gasteiger partial charge on any atom is -0.282 e. The lowest BCUT2D eigenvalue weighted by Gasteiger charge is -2.24. The van der Waals surface area contributed by atoms with Crippen LogP contribution in [0.15, 0.2) is 24.3 Å². The first kappa shape index (κ1) is 18.3. The van der Waals surface area contributed by atoms with Crippen LogP contribution >= 0.6 is 22.9 Å². The Morgan fingerprint density at radius 2 is 1.57 bits per heavy atom. The van der Waals surface area contributed by atoms with Crippen molar-refractivity contribution in [2.24, 2.45) is 0 Å². The molecule has 2 aromatic rings. The maximum atomic E-state index is 2.46. The molecule has 0 radical (unpaired) electrons. The van der Waals surface area contributed by atoms with E-state index in [0.29, 0.717) is 0 Å². The van der Waals surface area contributed by atoms with Crippen LogP contribution in [0.5, 0.6) is 0 Å². The Morgan fingerprint density at radius 1 is 0.870 bits per heavy atom. The fourth-order valence-corrected chi connectivity index (χ4v) is 4.20. The molecule has 0 aromatic heterocycles. The fraction of sp³-hybridized carbons (Fsp3) is 0.429. The largest absolute Gasteiger partial charge is 0.282 e. The number of anilines is 2. The number of benzene rings is 2. The molecule has 0 spiro atoms. The summed E-state index contributed by atoms with van der Waals surface area (Å²) in [5.74, 6) is 0. The van der Waals surface area contributed by atoms with Crippen molar-refractivity contribution in [1.29, 1.82) is 0 Å². The van der Waals surface area contributed by atoms with Gasteiger partial charge in [-0.1, -0.05) is 25.5 Å². The summed E-state index contributed by atoms with van der Waals surface area (Å²) in [6, 6.07) is 9.26. The highest BCUT2D eigenvalue weighted by Gasteiger charge is 2.15. The Morgan fingerprint density at radius 3 is 2.22 bits per heavy atom. The number of unbranched alkanes of at least 4 members (excludes halogenated alkanes) is 1. The zero-order valence-electron chi connectivity index (χ0n) is 15.3. The third kappa shape index (κ3) is 4.09. The molecule has 0 unspecified atom stereocenters. The summed E-state index contributed by atoms with van der Waals surface area (Å²) in [5.41, 5.74) is 10.9. The molecular weight excluding hydrogens is 393 g/mol. The van der Waals surface area contributed by atoms with Crippen molar-refractivity contribution in [3.63, 3.8) is 0 Å². The molecule has 2 rings (SSSR count). The van der Waals surface area contributed by atoms with Crippen molar-refractivity contribution < 1.29 is 0 Å². The molecule has 0 N–H and O–H groups in total. The molecule has 23 heavy (non-hydrogen) atoms. The number of rotatable bonds is 5. The van der Waals surface area contributed by atoms with Crippen LogP contribution in [-0.2, 0) is 6.42 Å². The Hall–Kier alpha value is -1.03. The second-order valence-corrected chi connectivity index (χ2v) is 7.64. The summed E-state index contributed by atoms with van der Waals surface area (Å²) in [7, 11) is 0. The second kappa shape index (κ2) is 7.69. The van der Waals surface area contributed by atoms with E-state index in [0.717, 1.165) is 0 Å². The number of nitrogens with zero attached hydrogens (tertiary/aromatic N) is 1. The van der Waals surface area contributed by atoms with Gasteiger partial charge in [-0.3, -0.25) is 3.11 Å². The van der Waals surface area contributed by atoms with Gasteiger partial charge in [0.1, 0.15) is 0 Å². The second-order valence-electron chi connectivity index (χ2n) is 6.67. The van der Waals surface area contributed by atoms with Gasteiger partial charge >= 0.3 is 0 Å². The smallest absolute Gasteiger partial charge is 0.0646 e. The van der Waals surface area contributed by atoms with E-state index in [1.807, 2.05) is 0 Å². The molecule has 0 aliphatic carbocycles. The molecule has 2 heteroatoms. The fourth-order valence-electron chi connectivity index (χ4n) is 3.18. The number of aryl methyl sites for hydroxylation is 4. The quantitative estimate of drug-likeness (QED) is 0.369. The topological polar surface area (TPSA) is 3.24 Å². The van der Waals surface area contributed by atoms with Crippen LogP contribution in [0.3, 0.4) is 0 Å². The Labute approximate surface area is 155 Å². The average Bonchev–Trinajstić information content (AvgIpc) is 2.50. The van der Waals surface area contributed by atoms with Crippen molar-refractivity contribution in [3.8, 4) is 0 Å². The molecule has 124 valence electrons. The summed E-state index contributed by atoms with van der Waals surface area (Å²) in [5, 5.41) is 0. The summed E-state index contributed by atoms with van der Waals surface area (Å²) >= 11 is 2.46. The maximum absolute atomic E-state index is 2.46. The lowest BCUT2D eigenvalue weighted by atomic mass is 9.98. The molecule has 2 aromatic carbocycles. The van der Waals surface area contributed by atoms with Gasteiger partial charge in [0, 0.05) is 0 Å². The van der Waals surface area contributed by atoms with Crippen LogP contribution in [0.4, 0.5) is 11.4 Å². The third-order valence-electron chi connectivity index (χ3n) is 4.68. The van der Waals surface area contributed by atoms with Gasteiger partial charge in [-0.05, 0) is 93.0 Å². The van der Waals surface area contributed by atoms with Gasteiger partial charge in [0.25, 0.3) is 0 Å². The summed E-state index contributed by atoms with van der Waals surface area (Å²) in [6.07, 6.45) is 3.67. The van der Waals surface area contributed by atoms with E-state index in [1.165, 1.54) is 64.0 Å². The monoisotopic (exact) mass is 421 g/mol. The normalized spacial score (nSPS) is 10.9. The molecule has 0 aliphatic rings. The van der Waals surface area contributed by atoms with Crippen molar-refractivity contribution in [2.45, 2.75) is 60.8 Å². The first-order valence-electron chi connectivity index (χ1n) is 8.49. The molecule has 0 heterocycles. The van der Waals surface area contributed by atoms with Crippen LogP contribution in [0, 0.1) is 34.6 Å². The van der Waals surface area contributed by atoms with Crippen LogP contribution in [0.25, 0.3) is 0 Å². The van der Waals surface area contributed by atoms with Crippen molar-refractivity contribution in [3.05, 3.63) is 57.6 Å². The minimum atomic E-state index is 1.17. The summed E-state index contributed by atoms with van der Waals surface area (Å²) in [4.78, 5) is 0. The molecule has 1 nitrogen and oxygen atoms in total. The van der Waals surface area contributed by atoms with E-state index in [-0.39, 0.29) is 0 Å². The Bertz CT molecular complexity index is 703. The van der Waals surface area contributed by atoms with E-state index >= 15 is 0 Å². The third-order valence-corrected chi connectivity index (χ3v) is 5.72. The zero-order valence-corrected chi connectivity index (χ0v) is 17.4. The number of halogens is 1. The molecule has 0 bridgehead atoms. The minimum absolute atomic E-state index is 1.17. The lowest BCUT2D eigenvalue weighted by molar-refractivity contribution is 0.794. The standard InChI is InChI=1S/C21H28IN/c1-7-8-9-19-10-14(2)11-20(13-19)23(22)21-16(4)12-15(3)17(5)18(21)6/h10-13H,7-9H2,1-6H3. The predicted molar refractivity (Wildman–Crippen MR) is 111 cm³/mol. The van der Waals surface area contributed by atoms with Gasteiger partial charge in [-0.25, -0.2) is 0 Å². The number of hydrogen-bond donors (Lipinski definition) is 0. The first-order valence-corrected chi connectivity index (χ1v) is 9.45. The SMILES string of the molecule is CCCCc1cc(C)cc(N(I)c2c(C)cc(C)c(C)c2C)c1. The van der Waals surface area contributed by atoms with Crippen LogP contribution in [0.1, 0.15) is 53.1 Å². The van der Waals surface area contributed by atoms with Crippen molar-refractivity contribution >= 4 is 34.2 Å². The predicted octanol–water partition coefficient (Wildman–Crippen LogP) is 7.06. The van der Waals surface area contributed by atoms with Gasteiger partial charge in [0.15, 0.2) is 0 Å². The van der Waals surface area contributed by atoms with Crippen LogP contribution < -0.4 is 3.11 Å². The maximum Gasteiger partial charge on any atom is 0.0646 e. The zero-order chi connectivity index (χ0) is 17.1. The number of hydrogen-bond acceptors (Lipinski definition) is 1. The summed E-state index contributed by atoms with van der Waals surface area (Å²) in [6.45, 7) is 13.3. The van der Waals surface area contributed by atoms with E-state index < -0.39 is 0 Å². The molecule has 0 saturated carbocycles. The van der Waals surface area contributed by atoms with Crippen molar-refractivity contribution in [2.75, 3.05) is 3.11 Å². The molecule has 0 aliphatic heterocycles. The van der Waals surface area contributed by atoms with E-state index in [9.17, 15) is 0 Å². The lowest BCUT2D eigenvalue weighted by Crippen LogP contribution is -2.08. The Kier molecular flexibility index (Phi) is 6.12. The Balaban J connectivity index is 2.47. The van der Waals surface area contributed by atoms with Gasteiger partial charge < -0.3 is 0 Å². The first-order chi connectivity index (χ1) is 10.8. The van der Waals surface area contributed by atoms with Gasteiger partial charge in [0.05, 0.1) is 34.2 Å². The van der Waals surface area contributed by atoms with E-state index in [4.69, 9.17) is 0 Å². The van der Waals surface area contributed by atoms with E-state index in [1.54, 1.807) is 0 Å². The molecule has 0 saturated heterocycles.